The minimum atomic E-state index is -0.490. The highest BCUT2D eigenvalue weighted by Gasteiger charge is 2.14. The number of carbonyl (C=O) groups is 1. The molecule has 2 aromatic rings. The second-order valence-corrected chi connectivity index (χ2v) is 5.44. The number of halogens is 1. The molecule has 0 aliphatic carbocycles. The van der Waals surface area contributed by atoms with Crippen LogP contribution in [0.5, 0.6) is 5.75 Å². The van der Waals surface area contributed by atoms with Crippen LogP contribution in [-0.2, 0) is 6.42 Å². The maximum atomic E-state index is 13.4. The van der Waals surface area contributed by atoms with Gasteiger partial charge in [-0.1, -0.05) is 5.16 Å². The van der Waals surface area contributed by atoms with Gasteiger partial charge in [-0.25, -0.2) is 4.39 Å². The van der Waals surface area contributed by atoms with Gasteiger partial charge in [-0.15, -0.1) is 0 Å². The third-order valence-corrected chi connectivity index (χ3v) is 3.63. The van der Waals surface area contributed by atoms with E-state index in [0.29, 0.717) is 18.8 Å². The molecule has 0 saturated carbocycles. The molecule has 0 spiro atoms. The van der Waals surface area contributed by atoms with Crippen LogP contribution in [0.25, 0.3) is 0 Å². The molecule has 0 saturated heterocycles. The van der Waals surface area contributed by atoms with Crippen molar-refractivity contribution in [2.24, 2.45) is 5.73 Å². The maximum Gasteiger partial charge on any atom is 0.255 e. The highest BCUT2D eigenvalue weighted by atomic mass is 19.1. The summed E-state index contributed by atoms with van der Waals surface area (Å²) in [6, 6.07) is 3.85. The average Bonchev–Trinajstić information content (AvgIpc) is 2.89. The van der Waals surface area contributed by atoms with Crippen LogP contribution in [0.2, 0.25) is 0 Å². The molecule has 1 aromatic heterocycles. The summed E-state index contributed by atoms with van der Waals surface area (Å²) in [7, 11) is 0. The number of hydrogen-bond donors (Lipinski definition) is 2. The summed E-state index contributed by atoms with van der Waals surface area (Å²) in [5.41, 5.74) is 7.48. The normalized spacial score (nSPS) is 10.7. The number of nitrogens with two attached hydrogens (primary N) is 1. The third kappa shape index (κ3) is 4.55. The minimum absolute atomic E-state index is 0.167. The molecule has 0 aliphatic rings. The first kappa shape index (κ1) is 17.9. The van der Waals surface area contributed by atoms with Crippen molar-refractivity contribution in [3.8, 4) is 5.75 Å². The molecule has 0 fully saturated rings. The Kier molecular flexibility index (Phi) is 6.31. The van der Waals surface area contributed by atoms with Gasteiger partial charge in [-0.2, -0.15) is 0 Å². The lowest BCUT2D eigenvalue weighted by molar-refractivity contribution is 0.0948. The van der Waals surface area contributed by atoms with Gasteiger partial charge in [0, 0.05) is 18.7 Å². The molecule has 1 heterocycles. The van der Waals surface area contributed by atoms with Crippen LogP contribution in [0.3, 0.4) is 0 Å². The molecule has 0 unspecified atom stereocenters. The quantitative estimate of drug-likeness (QED) is 0.721. The lowest BCUT2D eigenvalue weighted by Gasteiger charge is -2.11. The first-order valence-electron chi connectivity index (χ1n) is 7.85. The third-order valence-electron chi connectivity index (χ3n) is 3.63. The largest absolute Gasteiger partial charge is 0.491 e. The summed E-state index contributed by atoms with van der Waals surface area (Å²) in [5.74, 6) is 0.253. The Bertz CT molecular complexity index is 681. The lowest BCUT2D eigenvalue weighted by Crippen LogP contribution is -2.26. The average molecular weight is 335 g/mol. The zero-order chi connectivity index (χ0) is 17.5. The van der Waals surface area contributed by atoms with E-state index in [-0.39, 0.29) is 18.1 Å². The predicted molar refractivity (Wildman–Crippen MR) is 87.6 cm³/mol. The summed E-state index contributed by atoms with van der Waals surface area (Å²) >= 11 is 0. The first-order valence-corrected chi connectivity index (χ1v) is 7.85. The maximum absolute atomic E-state index is 13.4. The van der Waals surface area contributed by atoms with Gasteiger partial charge in [-0.05, 0) is 44.9 Å². The van der Waals surface area contributed by atoms with Crippen molar-refractivity contribution in [3.05, 3.63) is 46.6 Å². The van der Waals surface area contributed by atoms with Crippen molar-refractivity contribution >= 4 is 5.91 Å². The molecule has 0 aliphatic heterocycles. The zero-order valence-electron chi connectivity index (χ0n) is 13.9. The van der Waals surface area contributed by atoms with Gasteiger partial charge in [0.15, 0.2) is 0 Å². The summed E-state index contributed by atoms with van der Waals surface area (Å²) in [6.45, 7) is 4.78. The van der Waals surface area contributed by atoms with Crippen LogP contribution in [0.1, 0.15) is 33.8 Å². The second kappa shape index (κ2) is 8.44. The number of aryl methyl sites for hydroxylation is 2. The Morgan fingerprint density at radius 1 is 1.42 bits per heavy atom. The molecule has 1 amide bonds. The van der Waals surface area contributed by atoms with E-state index < -0.39 is 5.82 Å². The van der Waals surface area contributed by atoms with Crippen molar-refractivity contribution in [2.75, 3.05) is 19.7 Å². The Balaban J connectivity index is 1.91. The van der Waals surface area contributed by atoms with Gasteiger partial charge in [0.2, 0.25) is 0 Å². The summed E-state index contributed by atoms with van der Waals surface area (Å²) in [5, 5.41) is 6.67. The number of amides is 1. The van der Waals surface area contributed by atoms with Gasteiger partial charge in [0.1, 0.15) is 23.9 Å². The SMILES string of the molecule is Cc1noc(C)c1CCCNC(=O)c1cc(F)ccc1OCCN. The minimum Gasteiger partial charge on any atom is -0.491 e. The summed E-state index contributed by atoms with van der Waals surface area (Å²) < 4.78 is 23.9. The van der Waals surface area contributed by atoms with Crippen LogP contribution < -0.4 is 15.8 Å². The van der Waals surface area contributed by atoms with Crippen LogP contribution in [0.15, 0.2) is 22.7 Å². The highest BCUT2D eigenvalue weighted by molar-refractivity contribution is 5.96. The summed E-state index contributed by atoms with van der Waals surface area (Å²) in [6.07, 6.45) is 1.48. The van der Waals surface area contributed by atoms with Crippen molar-refractivity contribution < 1.29 is 18.4 Å². The topological polar surface area (TPSA) is 90.4 Å². The van der Waals surface area contributed by atoms with E-state index in [1.807, 2.05) is 13.8 Å². The lowest BCUT2D eigenvalue weighted by atomic mass is 10.1. The van der Waals surface area contributed by atoms with Gasteiger partial charge >= 0.3 is 0 Å². The second-order valence-electron chi connectivity index (χ2n) is 5.44. The molecule has 6 nitrogen and oxygen atoms in total. The molecule has 7 heteroatoms. The Morgan fingerprint density at radius 3 is 2.88 bits per heavy atom. The molecule has 0 radical (unpaired) electrons. The van der Waals surface area contributed by atoms with Gasteiger partial charge in [-0.3, -0.25) is 4.79 Å². The molecular formula is C17H22FN3O3. The fourth-order valence-electron chi connectivity index (χ4n) is 2.40. The molecule has 24 heavy (non-hydrogen) atoms. The van der Waals surface area contributed by atoms with Crippen molar-refractivity contribution in [2.45, 2.75) is 26.7 Å². The van der Waals surface area contributed by atoms with E-state index in [1.165, 1.54) is 12.1 Å². The van der Waals surface area contributed by atoms with Crippen molar-refractivity contribution in [1.29, 1.82) is 0 Å². The fraction of sp³-hybridized carbons (Fsp3) is 0.412. The molecule has 0 atom stereocenters. The molecule has 0 bridgehead atoms. The fourth-order valence-corrected chi connectivity index (χ4v) is 2.40. The Morgan fingerprint density at radius 2 is 2.21 bits per heavy atom. The van der Waals surface area contributed by atoms with E-state index in [0.717, 1.165) is 35.9 Å². The van der Waals surface area contributed by atoms with Gasteiger partial charge in [0.05, 0.1) is 11.3 Å². The summed E-state index contributed by atoms with van der Waals surface area (Å²) in [4.78, 5) is 12.3. The van der Waals surface area contributed by atoms with Gasteiger partial charge < -0.3 is 20.3 Å². The van der Waals surface area contributed by atoms with Gasteiger partial charge in [0.25, 0.3) is 5.91 Å². The van der Waals surface area contributed by atoms with E-state index in [1.54, 1.807) is 0 Å². The molecule has 3 N–H and O–H groups in total. The molecule has 2 rings (SSSR count). The van der Waals surface area contributed by atoms with Crippen molar-refractivity contribution in [3.63, 3.8) is 0 Å². The standard InChI is InChI=1S/C17H22FN3O3/c1-11-14(12(2)24-21-11)4-3-8-20-17(22)15-10-13(18)5-6-16(15)23-9-7-19/h5-6,10H,3-4,7-9,19H2,1-2H3,(H,20,22). The number of carbonyl (C=O) groups excluding carboxylic acids is 1. The smallest absolute Gasteiger partial charge is 0.255 e. The highest BCUT2D eigenvalue weighted by Crippen LogP contribution is 2.20. The van der Waals surface area contributed by atoms with Crippen molar-refractivity contribution in [1.82, 2.24) is 10.5 Å². The Hall–Kier alpha value is -2.41. The van der Waals surface area contributed by atoms with Crippen LogP contribution >= 0.6 is 0 Å². The van der Waals surface area contributed by atoms with E-state index in [9.17, 15) is 9.18 Å². The Labute approximate surface area is 140 Å². The molecule has 1 aromatic carbocycles. The van der Waals surface area contributed by atoms with Crippen LogP contribution in [0.4, 0.5) is 4.39 Å². The number of aromatic nitrogens is 1. The van der Waals surface area contributed by atoms with Crippen LogP contribution in [0, 0.1) is 19.7 Å². The molecule has 130 valence electrons. The predicted octanol–water partition coefficient (Wildman–Crippen LogP) is 2.13. The van der Waals surface area contributed by atoms with E-state index >= 15 is 0 Å². The number of ether oxygens (including phenoxy) is 1. The van der Waals surface area contributed by atoms with E-state index in [4.69, 9.17) is 15.0 Å². The number of nitrogens with zero attached hydrogens (tertiary/aromatic N) is 1. The molecular weight excluding hydrogens is 313 g/mol. The number of nitrogens with one attached hydrogen (secondary N) is 1. The van der Waals surface area contributed by atoms with E-state index in [2.05, 4.69) is 10.5 Å². The monoisotopic (exact) mass is 335 g/mol. The number of rotatable bonds is 8. The number of benzene rings is 1. The number of hydrogen-bond acceptors (Lipinski definition) is 5. The first-order chi connectivity index (χ1) is 11.5. The zero-order valence-corrected chi connectivity index (χ0v) is 13.9. The van der Waals surface area contributed by atoms with Crippen LogP contribution in [-0.4, -0.2) is 30.8 Å².